The van der Waals surface area contributed by atoms with Crippen LogP contribution < -0.4 is 5.73 Å². The summed E-state index contributed by atoms with van der Waals surface area (Å²) in [6.45, 7) is 0. The first-order valence-corrected chi connectivity index (χ1v) is 2.51. The number of ether oxygens (including phenoxy) is 1. The van der Waals surface area contributed by atoms with Crippen LogP contribution in [0.2, 0.25) is 0 Å². The van der Waals surface area contributed by atoms with Crippen LogP contribution in [0.3, 0.4) is 0 Å². The third kappa shape index (κ3) is 1.36. The van der Waals surface area contributed by atoms with Gasteiger partial charge in [-0.15, -0.1) is 5.11 Å². The monoisotopic (exact) mass is 125 g/mol. The lowest BCUT2D eigenvalue weighted by Gasteiger charge is -2.11. The molecule has 4 heteroatoms. The molecule has 0 amide bonds. The molecule has 9 heavy (non-hydrogen) atoms. The molecule has 1 aliphatic heterocycles. The highest BCUT2D eigenvalue weighted by Crippen LogP contribution is 2.06. The van der Waals surface area contributed by atoms with Crippen molar-refractivity contribution in [2.45, 2.75) is 6.23 Å². The van der Waals surface area contributed by atoms with Gasteiger partial charge in [-0.25, -0.2) is 5.53 Å². The first-order valence-electron chi connectivity index (χ1n) is 2.51. The molecule has 0 saturated heterocycles. The Hall–Kier alpha value is -1.16. The van der Waals surface area contributed by atoms with Crippen LogP contribution in [-0.2, 0) is 4.74 Å². The molecule has 0 aromatic heterocycles. The maximum atomic E-state index is 6.53. The predicted molar refractivity (Wildman–Crippen MR) is 31.4 cm³/mol. The number of allylic oxidation sites excluding steroid dienone is 2. The van der Waals surface area contributed by atoms with Crippen molar-refractivity contribution >= 4 is 0 Å². The van der Waals surface area contributed by atoms with E-state index in [0.717, 1.165) is 0 Å². The molecule has 1 aliphatic rings. The summed E-state index contributed by atoms with van der Waals surface area (Å²) in [5.41, 5.74) is 11.8. The fraction of sp³-hybridized carbons (Fsp3) is 0.200. The Bertz CT molecular complexity index is 173. The molecule has 1 heterocycles. The Morgan fingerprint density at radius 1 is 1.78 bits per heavy atom. The number of nitrogens with zero attached hydrogens (tertiary/aromatic N) is 1. The smallest absolute Gasteiger partial charge is 0.234 e. The highest BCUT2D eigenvalue weighted by Gasteiger charge is 2.03. The molecule has 0 fully saturated rings. The number of rotatable bonds is 1. The summed E-state index contributed by atoms with van der Waals surface area (Å²) in [6.07, 6.45) is 4.52. The lowest BCUT2D eigenvalue weighted by molar-refractivity contribution is 0.151. The molecule has 1 rings (SSSR count). The van der Waals surface area contributed by atoms with Crippen LogP contribution in [0.25, 0.3) is 0 Å². The van der Waals surface area contributed by atoms with Crippen LogP contribution in [0.5, 0.6) is 0 Å². The summed E-state index contributed by atoms with van der Waals surface area (Å²) in [7, 11) is 0. The van der Waals surface area contributed by atoms with E-state index in [9.17, 15) is 0 Å². The lowest BCUT2D eigenvalue weighted by atomic mass is 10.4. The molecule has 0 spiro atoms. The van der Waals surface area contributed by atoms with E-state index in [1.54, 1.807) is 18.2 Å². The number of hydrogen-bond acceptors (Lipinski definition) is 4. The van der Waals surface area contributed by atoms with E-state index in [1.807, 2.05) is 0 Å². The van der Waals surface area contributed by atoms with Gasteiger partial charge in [0.05, 0.1) is 0 Å². The standard InChI is InChI=1S/C5H7N3O/c6-4-2-1-3-5(8-7)9-4/h1-4,7H,6H2. The van der Waals surface area contributed by atoms with Gasteiger partial charge >= 0.3 is 0 Å². The zero-order valence-electron chi connectivity index (χ0n) is 4.74. The van der Waals surface area contributed by atoms with Crippen molar-refractivity contribution in [3.63, 3.8) is 0 Å². The van der Waals surface area contributed by atoms with Gasteiger partial charge in [0.25, 0.3) is 0 Å². The minimum Gasteiger partial charge on any atom is -0.454 e. The second kappa shape index (κ2) is 2.41. The average molecular weight is 125 g/mol. The van der Waals surface area contributed by atoms with Crippen molar-refractivity contribution < 1.29 is 4.74 Å². The van der Waals surface area contributed by atoms with E-state index in [0.29, 0.717) is 0 Å². The first kappa shape index (κ1) is 5.97. The van der Waals surface area contributed by atoms with E-state index >= 15 is 0 Å². The molecule has 3 N–H and O–H groups in total. The molecular weight excluding hydrogens is 118 g/mol. The molecule has 1 atom stereocenters. The van der Waals surface area contributed by atoms with Gasteiger partial charge in [0.1, 0.15) is 0 Å². The summed E-state index contributed by atoms with van der Waals surface area (Å²) in [6, 6.07) is 0. The maximum absolute atomic E-state index is 6.53. The Labute approximate surface area is 52.5 Å². The van der Waals surface area contributed by atoms with Crippen LogP contribution in [0, 0.1) is 5.53 Å². The molecule has 0 aromatic rings. The Morgan fingerprint density at radius 3 is 3.00 bits per heavy atom. The molecule has 1 unspecified atom stereocenters. The summed E-state index contributed by atoms with van der Waals surface area (Å²) in [4.78, 5) is 0. The zero-order valence-corrected chi connectivity index (χ0v) is 4.74. The quantitative estimate of drug-likeness (QED) is 0.507. The largest absolute Gasteiger partial charge is 0.454 e. The molecule has 48 valence electrons. The van der Waals surface area contributed by atoms with Crippen molar-refractivity contribution in [3.8, 4) is 0 Å². The fourth-order valence-electron chi connectivity index (χ4n) is 0.529. The zero-order chi connectivity index (χ0) is 6.69. The Kier molecular flexibility index (Phi) is 1.60. The average Bonchev–Trinajstić information content (AvgIpc) is 1.88. The molecular formula is C5H7N3O. The fourth-order valence-corrected chi connectivity index (χ4v) is 0.529. The normalized spacial score (nSPS) is 24.6. The molecule has 0 radical (unpaired) electrons. The minimum atomic E-state index is -0.445. The lowest BCUT2D eigenvalue weighted by Crippen LogP contribution is -2.21. The van der Waals surface area contributed by atoms with Crippen LogP contribution in [0.15, 0.2) is 29.2 Å². The molecule has 0 aliphatic carbocycles. The van der Waals surface area contributed by atoms with Gasteiger partial charge in [0, 0.05) is 6.08 Å². The van der Waals surface area contributed by atoms with Crippen molar-refractivity contribution in [2.75, 3.05) is 0 Å². The van der Waals surface area contributed by atoms with Crippen LogP contribution >= 0.6 is 0 Å². The van der Waals surface area contributed by atoms with Gasteiger partial charge in [0.2, 0.25) is 5.88 Å². The van der Waals surface area contributed by atoms with Gasteiger partial charge < -0.3 is 4.74 Å². The maximum Gasteiger partial charge on any atom is 0.234 e. The van der Waals surface area contributed by atoms with E-state index in [2.05, 4.69) is 5.11 Å². The van der Waals surface area contributed by atoms with Crippen molar-refractivity contribution in [3.05, 3.63) is 24.1 Å². The molecule has 0 aromatic carbocycles. The third-order valence-corrected chi connectivity index (χ3v) is 0.907. The number of nitrogens with two attached hydrogens (primary N) is 1. The van der Waals surface area contributed by atoms with E-state index < -0.39 is 6.23 Å². The summed E-state index contributed by atoms with van der Waals surface area (Å²) < 4.78 is 4.83. The number of hydrogen-bond donors (Lipinski definition) is 2. The SMILES string of the molecule is N=NC1=CC=CC(N)O1. The molecule has 4 nitrogen and oxygen atoms in total. The van der Waals surface area contributed by atoms with Gasteiger partial charge in [-0.1, -0.05) is 6.08 Å². The van der Waals surface area contributed by atoms with Gasteiger partial charge in [-0.05, 0) is 6.08 Å². The van der Waals surface area contributed by atoms with Gasteiger partial charge in [0.15, 0.2) is 6.23 Å². The second-order valence-corrected chi connectivity index (χ2v) is 1.58. The topological polar surface area (TPSA) is 71.5 Å². The Morgan fingerprint density at radius 2 is 2.56 bits per heavy atom. The highest BCUT2D eigenvalue weighted by atomic mass is 16.5. The van der Waals surface area contributed by atoms with Crippen LogP contribution in [0.4, 0.5) is 0 Å². The Balaban J connectivity index is 2.65. The minimum absolute atomic E-state index is 0.255. The highest BCUT2D eigenvalue weighted by molar-refractivity contribution is 5.12. The second-order valence-electron chi connectivity index (χ2n) is 1.58. The molecule has 0 saturated carbocycles. The number of nitrogens with one attached hydrogen (secondary N) is 1. The van der Waals surface area contributed by atoms with Crippen LogP contribution in [0.1, 0.15) is 0 Å². The summed E-state index contributed by atoms with van der Waals surface area (Å²) >= 11 is 0. The van der Waals surface area contributed by atoms with Crippen LogP contribution in [-0.4, -0.2) is 6.23 Å². The predicted octanol–water partition coefficient (Wildman–Crippen LogP) is 0.730. The summed E-state index contributed by atoms with van der Waals surface area (Å²) in [5.74, 6) is 0.255. The van der Waals surface area contributed by atoms with Gasteiger partial charge in [-0.3, -0.25) is 5.73 Å². The van der Waals surface area contributed by atoms with Crippen molar-refractivity contribution in [1.29, 1.82) is 5.53 Å². The van der Waals surface area contributed by atoms with E-state index in [1.165, 1.54) is 0 Å². The van der Waals surface area contributed by atoms with E-state index in [4.69, 9.17) is 16.0 Å². The first-order chi connectivity index (χ1) is 4.33. The molecule has 0 bridgehead atoms. The van der Waals surface area contributed by atoms with Crippen molar-refractivity contribution in [2.24, 2.45) is 10.8 Å². The van der Waals surface area contributed by atoms with E-state index in [-0.39, 0.29) is 5.88 Å². The van der Waals surface area contributed by atoms with Gasteiger partial charge in [-0.2, -0.15) is 0 Å². The summed E-state index contributed by atoms with van der Waals surface area (Å²) in [5, 5.41) is 3.06. The van der Waals surface area contributed by atoms with Crippen molar-refractivity contribution in [1.82, 2.24) is 0 Å². The third-order valence-electron chi connectivity index (χ3n) is 0.907.